The summed E-state index contributed by atoms with van der Waals surface area (Å²) in [5.41, 5.74) is 0. The number of carbonyl (C=O) groups is 2. The van der Waals surface area contributed by atoms with Crippen molar-refractivity contribution in [2.45, 2.75) is 44.8 Å². The average Bonchev–Trinajstić information content (AvgIpc) is 2.92. The first-order chi connectivity index (χ1) is 9.20. The van der Waals surface area contributed by atoms with Gasteiger partial charge >= 0.3 is 6.09 Å². The Morgan fingerprint density at radius 2 is 2.21 bits per heavy atom. The lowest BCUT2D eigenvalue weighted by Gasteiger charge is -2.34. The molecule has 6 nitrogen and oxygen atoms in total. The van der Waals surface area contributed by atoms with Crippen LogP contribution in [0.25, 0.3) is 0 Å². The largest absolute Gasteiger partial charge is 0.450 e. The summed E-state index contributed by atoms with van der Waals surface area (Å²) in [6, 6.07) is -0.0156. The minimum Gasteiger partial charge on any atom is -0.450 e. The van der Waals surface area contributed by atoms with Gasteiger partial charge in [0.05, 0.1) is 6.61 Å². The van der Waals surface area contributed by atoms with E-state index in [0.717, 1.165) is 32.2 Å². The first kappa shape index (κ1) is 14.1. The van der Waals surface area contributed by atoms with Gasteiger partial charge in [0.1, 0.15) is 6.10 Å². The highest BCUT2D eigenvalue weighted by atomic mass is 16.5. The molecule has 0 aliphatic carbocycles. The first-order valence-electron chi connectivity index (χ1n) is 7.04. The predicted molar refractivity (Wildman–Crippen MR) is 68.7 cm³/mol. The van der Waals surface area contributed by atoms with E-state index >= 15 is 0 Å². The Labute approximate surface area is 113 Å². The molecule has 0 saturated carbocycles. The maximum Gasteiger partial charge on any atom is 0.407 e. The number of likely N-dealkylation sites (tertiary alicyclic amines) is 1. The number of ether oxygens (including phenoxy) is 2. The van der Waals surface area contributed by atoms with Crippen LogP contribution in [-0.4, -0.2) is 55.3 Å². The molecule has 2 atom stereocenters. The Hall–Kier alpha value is -1.30. The first-order valence-corrected chi connectivity index (χ1v) is 7.04. The average molecular weight is 270 g/mol. The molecular weight excluding hydrogens is 248 g/mol. The SMILES string of the molecule is CCOC(=O)N[C@H]1CCCN(C(=O)[C@H]2CCCO2)C1. The van der Waals surface area contributed by atoms with Gasteiger partial charge in [0, 0.05) is 25.7 Å². The van der Waals surface area contributed by atoms with Crippen LogP contribution >= 0.6 is 0 Å². The van der Waals surface area contributed by atoms with Crippen LogP contribution in [-0.2, 0) is 14.3 Å². The summed E-state index contributed by atoms with van der Waals surface area (Å²) >= 11 is 0. The van der Waals surface area contributed by atoms with Gasteiger partial charge in [0.25, 0.3) is 5.91 Å². The molecule has 0 unspecified atom stereocenters. The van der Waals surface area contributed by atoms with Crippen LogP contribution in [0.2, 0.25) is 0 Å². The van der Waals surface area contributed by atoms with E-state index in [1.165, 1.54) is 0 Å². The van der Waals surface area contributed by atoms with Gasteiger partial charge in [0.2, 0.25) is 0 Å². The molecule has 2 aliphatic heterocycles. The maximum absolute atomic E-state index is 12.2. The van der Waals surface area contributed by atoms with E-state index in [-0.39, 0.29) is 18.1 Å². The number of piperidine rings is 1. The van der Waals surface area contributed by atoms with Crippen molar-refractivity contribution in [2.24, 2.45) is 0 Å². The van der Waals surface area contributed by atoms with Gasteiger partial charge in [-0.2, -0.15) is 0 Å². The van der Waals surface area contributed by atoms with Gasteiger partial charge < -0.3 is 19.7 Å². The van der Waals surface area contributed by atoms with E-state index in [1.54, 1.807) is 11.8 Å². The Kier molecular flexibility index (Phi) is 5.01. The van der Waals surface area contributed by atoms with Gasteiger partial charge in [0.15, 0.2) is 0 Å². The Balaban J connectivity index is 1.82. The molecule has 2 heterocycles. The number of amides is 2. The Morgan fingerprint density at radius 3 is 2.89 bits per heavy atom. The van der Waals surface area contributed by atoms with Crippen molar-refractivity contribution >= 4 is 12.0 Å². The van der Waals surface area contributed by atoms with E-state index in [0.29, 0.717) is 19.8 Å². The zero-order valence-electron chi connectivity index (χ0n) is 11.4. The normalized spacial score (nSPS) is 27.1. The Bertz CT molecular complexity index is 329. The fourth-order valence-electron chi connectivity index (χ4n) is 2.61. The molecule has 2 saturated heterocycles. The summed E-state index contributed by atoms with van der Waals surface area (Å²) in [7, 11) is 0. The lowest BCUT2D eigenvalue weighted by atomic mass is 10.0. The van der Waals surface area contributed by atoms with E-state index < -0.39 is 6.09 Å². The maximum atomic E-state index is 12.2. The number of nitrogens with zero attached hydrogens (tertiary/aromatic N) is 1. The van der Waals surface area contributed by atoms with E-state index in [2.05, 4.69) is 5.32 Å². The van der Waals surface area contributed by atoms with Crippen molar-refractivity contribution < 1.29 is 19.1 Å². The molecule has 0 aromatic heterocycles. The molecule has 0 bridgehead atoms. The minimum absolute atomic E-state index is 0.0156. The van der Waals surface area contributed by atoms with Crippen LogP contribution in [0.15, 0.2) is 0 Å². The topological polar surface area (TPSA) is 67.9 Å². The molecule has 0 spiro atoms. The van der Waals surface area contributed by atoms with Crippen molar-refractivity contribution in [2.75, 3.05) is 26.3 Å². The number of nitrogens with one attached hydrogen (secondary N) is 1. The predicted octanol–water partition coefficient (Wildman–Crippen LogP) is 0.902. The summed E-state index contributed by atoms with van der Waals surface area (Å²) < 4.78 is 10.3. The third kappa shape index (κ3) is 3.83. The molecule has 19 heavy (non-hydrogen) atoms. The van der Waals surface area contributed by atoms with Crippen LogP contribution in [0, 0.1) is 0 Å². The standard InChI is InChI=1S/C13H22N2O4/c1-2-18-13(17)14-10-5-3-7-15(9-10)12(16)11-6-4-8-19-11/h10-11H,2-9H2,1H3,(H,14,17)/t10-,11+/m0/s1. The van der Waals surface area contributed by atoms with Crippen molar-refractivity contribution in [3.05, 3.63) is 0 Å². The Morgan fingerprint density at radius 1 is 1.37 bits per heavy atom. The molecule has 2 aliphatic rings. The smallest absolute Gasteiger partial charge is 0.407 e. The number of alkyl carbamates (subject to hydrolysis) is 1. The third-order valence-corrected chi connectivity index (χ3v) is 3.54. The van der Waals surface area contributed by atoms with Crippen molar-refractivity contribution in [1.29, 1.82) is 0 Å². The second kappa shape index (κ2) is 6.75. The second-order valence-corrected chi connectivity index (χ2v) is 4.99. The number of hydrogen-bond acceptors (Lipinski definition) is 4. The zero-order chi connectivity index (χ0) is 13.7. The molecule has 2 fully saturated rings. The van der Waals surface area contributed by atoms with Crippen molar-refractivity contribution in [3.63, 3.8) is 0 Å². The molecule has 0 radical (unpaired) electrons. The molecule has 6 heteroatoms. The van der Waals surface area contributed by atoms with E-state index in [9.17, 15) is 9.59 Å². The molecule has 2 amide bonds. The number of rotatable bonds is 3. The number of carbonyl (C=O) groups excluding carboxylic acids is 2. The molecule has 0 aromatic rings. The van der Waals surface area contributed by atoms with Gasteiger partial charge in [-0.15, -0.1) is 0 Å². The van der Waals surface area contributed by atoms with Gasteiger partial charge in [-0.3, -0.25) is 4.79 Å². The quantitative estimate of drug-likeness (QED) is 0.827. The fraction of sp³-hybridized carbons (Fsp3) is 0.846. The summed E-state index contributed by atoms with van der Waals surface area (Å²) in [5, 5.41) is 2.80. The lowest BCUT2D eigenvalue weighted by Crippen LogP contribution is -2.52. The van der Waals surface area contributed by atoms with Crippen LogP contribution in [0.5, 0.6) is 0 Å². The van der Waals surface area contributed by atoms with Gasteiger partial charge in [-0.05, 0) is 32.6 Å². The lowest BCUT2D eigenvalue weighted by molar-refractivity contribution is -0.142. The minimum atomic E-state index is -0.404. The third-order valence-electron chi connectivity index (χ3n) is 3.54. The van der Waals surface area contributed by atoms with Crippen molar-refractivity contribution in [3.8, 4) is 0 Å². The number of hydrogen-bond donors (Lipinski definition) is 1. The highest BCUT2D eigenvalue weighted by Crippen LogP contribution is 2.18. The van der Waals surface area contributed by atoms with E-state index in [1.807, 2.05) is 0 Å². The van der Waals surface area contributed by atoms with Crippen LogP contribution in [0.1, 0.15) is 32.6 Å². The molecule has 2 rings (SSSR count). The molecule has 0 aromatic carbocycles. The highest BCUT2D eigenvalue weighted by molar-refractivity contribution is 5.81. The zero-order valence-corrected chi connectivity index (χ0v) is 11.4. The van der Waals surface area contributed by atoms with E-state index in [4.69, 9.17) is 9.47 Å². The second-order valence-electron chi connectivity index (χ2n) is 4.99. The van der Waals surface area contributed by atoms with Crippen LogP contribution in [0.3, 0.4) is 0 Å². The van der Waals surface area contributed by atoms with Crippen molar-refractivity contribution in [1.82, 2.24) is 10.2 Å². The highest BCUT2D eigenvalue weighted by Gasteiger charge is 2.31. The van der Waals surface area contributed by atoms with Crippen LogP contribution in [0.4, 0.5) is 4.79 Å². The summed E-state index contributed by atoms with van der Waals surface area (Å²) in [4.78, 5) is 25.4. The summed E-state index contributed by atoms with van der Waals surface area (Å²) in [6.07, 6.45) is 2.87. The summed E-state index contributed by atoms with van der Waals surface area (Å²) in [5.74, 6) is 0.0628. The monoisotopic (exact) mass is 270 g/mol. The molecule has 108 valence electrons. The summed E-state index contributed by atoms with van der Waals surface area (Å²) in [6.45, 7) is 4.11. The molecular formula is C13H22N2O4. The van der Waals surface area contributed by atoms with Crippen LogP contribution < -0.4 is 5.32 Å². The fourth-order valence-corrected chi connectivity index (χ4v) is 2.61. The van der Waals surface area contributed by atoms with Gasteiger partial charge in [-0.25, -0.2) is 4.79 Å². The molecule has 1 N–H and O–H groups in total. The van der Waals surface area contributed by atoms with Gasteiger partial charge in [-0.1, -0.05) is 0 Å².